The molecule has 0 aromatic carbocycles. The second-order valence-corrected chi connectivity index (χ2v) is 18.3. The van der Waals surface area contributed by atoms with Crippen molar-refractivity contribution in [2.45, 2.75) is 171 Å². The molecular weight excluding hydrogens is 773 g/mol. The molecular formula is C43H64O14S. The fraction of sp³-hybridized carbons (Fsp3) is 0.791. The Morgan fingerprint density at radius 2 is 1.62 bits per heavy atom. The molecule has 6 heterocycles. The zero-order valence-electron chi connectivity index (χ0n) is 35.0. The minimum atomic E-state index is -1.81. The first-order chi connectivity index (χ1) is 27.6. The highest BCUT2D eigenvalue weighted by molar-refractivity contribution is 7.99. The van der Waals surface area contributed by atoms with Gasteiger partial charge in [-0.3, -0.25) is 4.79 Å². The van der Waals surface area contributed by atoms with Gasteiger partial charge in [-0.25, -0.2) is 0 Å². The second-order valence-electron chi connectivity index (χ2n) is 17.3. The number of esters is 1. The number of aliphatic hydroxyl groups excluding tert-OH is 2. The summed E-state index contributed by atoms with van der Waals surface area (Å²) in [4.78, 5) is 14.2. The number of aliphatic hydroxyl groups is 3. The van der Waals surface area contributed by atoms with Gasteiger partial charge in [0.15, 0.2) is 18.4 Å². The van der Waals surface area contributed by atoms with Crippen LogP contribution in [0.4, 0.5) is 0 Å². The maximum atomic E-state index is 14.2. The lowest BCUT2D eigenvalue weighted by Crippen LogP contribution is -2.58. The van der Waals surface area contributed by atoms with Crippen molar-refractivity contribution in [3.63, 3.8) is 0 Å². The van der Waals surface area contributed by atoms with Gasteiger partial charge in [0.1, 0.15) is 42.0 Å². The molecule has 18 atom stereocenters. The Balaban J connectivity index is 1.16. The Morgan fingerprint density at radius 1 is 0.897 bits per heavy atom. The third-order valence-corrected chi connectivity index (χ3v) is 14.3. The predicted octanol–water partition coefficient (Wildman–Crippen LogP) is 3.89. The minimum Gasteiger partial charge on any atom is -0.462 e. The average molecular weight is 837 g/mol. The SMILES string of the molecule is CO[C@H]1C[C@H](O[C@H]2[C@H](C)O[C@@H](O[C@@H]3/C(C)=C/C[C@@H]4C[C@@H](C[C@]5(CSC[C@@H](C)O5)O4)OC(=O)[C@@H]4C=C(C)[C@@H](O)[C@H]5OC/C(=C\C=C\[C@@H]3C)[C@]54O)C[C@@H]2OC)O[C@@H](C)[C@@H]1O. The van der Waals surface area contributed by atoms with Gasteiger partial charge < -0.3 is 62.7 Å². The maximum absolute atomic E-state index is 14.2. The first-order valence-corrected chi connectivity index (χ1v) is 22.0. The van der Waals surface area contributed by atoms with Crippen LogP contribution in [-0.4, -0.2) is 151 Å². The molecule has 0 aromatic rings. The number of rotatable bonds is 6. The predicted molar refractivity (Wildman–Crippen MR) is 213 cm³/mol. The summed E-state index contributed by atoms with van der Waals surface area (Å²) in [5.74, 6) is -1.33. The van der Waals surface area contributed by atoms with Crippen molar-refractivity contribution in [3.8, 4) is 0 Å². The Bertz CT molecular complexity index is 1590. The van der Waals surface area contributed by atoms with Crippen molar-refractivity contribution in [1.29, 1.82) is 0 Å². The van der Waals surface area contributed by atoms with E-state index in [1.165, 1.54) is 0 Å². The largest absolute Gasteiger partial charge is 0.462 e. The lowest BCUT2D eigenvalue weighted by atomic mass is 9.71. The van der Waals surface area contributed by atoms with Crippen molar-refractivity contribution >= 4 is 17.7 Å². The number of carbonyl (C=O) groups excluding carboxylic acids is 1. The van der Waals surface area contributed by atoms with E-state index in [9.17, 15) is 20.1 Å². The van der Waals surface area contributed by atoms with Crippen LogP contribution in [0.25, 0.3) is 0 Å². The topological polar surface area (TPSA) is 170 Å². The van der Waals surface area contributed by atoms with Gasteiger partial charge in [-0.1, -0.05) is 37.3 Å². The van der Waals surface area contributed by atoms with Gasteiger partial charge in [-0.05, 0) is 57.8 Å². The highest BCUT2D eigenvalue weighted by atomic mass is 32.2. The first kappa shape index (κ1) is 44.4. The van der Waals surface area contributed by atoms with Crippen molar-refractivity contribution < 1.29 is 67.5 Å². The van der Waals surface area contributed by atoms with E-state index in [0.29, 0.717) is 49.0 Å². The van der Waals surface area contributed by atoms with Crippen molar-refractivity contribution in [2.24, 2.45) is 11.8 Å². The third kappa shape index (κ3) is 9.09. The van der Waals surface area contributed by atoms with Crippen LogP contribution in [0.1, 0.15) is 73.6 Å². The fourth-order valence-corrected chi connectivity index (χ4v) is 10.8. The molecule has 1 aliphatic carbocycles. The lowest BCUT2D eigenvalue weighted by molar-refractivity contribution is -0.318. The summed E-state index contributed by atoms with van der Waals surface area (Å²) in [6, 6.07) is 0. The quantitative estimate of drug-likeness (QED) is 0.260. The van der Waals surface area contributed by atoms with E-state index in [0.717, 1.165) is 11.3 Å². The molecule has 5 fully saturated rings. The van der Waals surface area contributed by atoms with E-state index in [1.807, 2.05) is 32.9 Å². The number of fused-ring (bicyclic) bond motifs is 2. The number of ether oxygens (including phenoxy) is 10. The van der Waals surface area contributed by atoms with Crippen LogP contribution in [0.5, 0.6) is 0 Å². The van der Waals surface area contributed by atoms with E-state index in [2.05, 4.69) is 13.0 Å². The number of hydrogen-bond donors (Lipinski definition) is 3. The average Bonchev–Trinajstić information content (AvgIpc) is 3.52. The summed E-state index contributed by atoms with van der Waals surface area (Å²) in [5.41, 5.74) is 0.178. The molecule has 0 saturated carbocycles. The Hall–Kier alpha value is -1.70. The first-order valence-electron chi connectivity index (χ1n) is 20.9. The molecule has 58 heavy (non-hydrogen) atoms. The molecule has 15 heteroatoms. The normalized spacial score (nSPS) is 50.1. The molecule has 0 unspecified atom stereocenters. The molecule has 0 amide bonds. The van der Waals surface area contributed by atoms with E-state index in [1.54, 1.807) is 52.0 Å². The summed E-state index contributed by atoms with van der Waals surface area (Å²) < 4.78 is 62.9. The number of allylic oxidation sites excluding steroid dienone is 2. The van der Waals surface area contributed by atoms with Gasteiger partial charge in [-0.15, -0.1) is 0 Å². The highest BCUT2D eigenvalue weighted by Crippen LogP contribution is 2.47. The van der Waals surface area contributed by atoms with Crippen LogP contribution < -0.4 is 0 Å². The zero-order chi connectivity index (χ0) is 41.5. The smallest absolute Gasteiger partial charge is 0.316 e. The number of methoxy groups -OCH3 is 2. The van der Waals surface area contributed by atoms with E-state index in [4.69, 9.17) is 47.4 Å². The van der Waals surface area contributed by atoms with E-state index < -0.39 is 90.8 Å². The number of carbonyl (C=O) groups is 1. The summed E-state index contributed by atoms with van der Waals surface area (Å²) in [6.07, 6.45) is 3.88. The standard InChI is InChI=1S/C43H64O14S/c1-22-10-9-11-28-19-50-40-36(44)24(3)14-31(43(28,40)47)41(46)53-30-15-29(57-42(18-30)21-58-20-25(4)56-42)13-12-23(2)38(22)54-35-17-33(49-8)39(27(6)52-35)55-34-16-32(48-7)37(45)26(5)51-34/h9-12,14,22,25-27,29-40,44-45,47H,13,15-21H2,1-8H3/b10-9+,23-12+,28-11+/t22-,25+,26-,27-,29+,30-,31-,32-,33-,34-,35-,36+,37-,38-,39-,40+,42+,43+/m0/s1. The van der Waals surface area contributed by atoms with Gasteiger partial charge in [0.05, 0.1) is 49.3 Å². The molecule has 2 bridgehead atoms. The third-order valence-electron chi connectivity index (χ3n) is 12.9. The molecule has 326 valence electrons. The van der Waals surface area contributed by atoms with Crippen molar-refractivity contribution in [1.82, 2.24) is 0 Å². The minimum absolute atomic E-state index is 0.0407. The van der Waals surface area contributed by atoms with Crippen LogP contribution in [0, 0.1) is 11.8 Å². The summed E-state index contributed by atoms with van der Waals surface area (Å²) in [7, 11) is 3.22. The van der Waals surface area contributed by atoms with Gasteiger partial charge in [-0.2, -0.15) is 11.8 Å². The lowest BCUT2D eigenvalue weighted by Gasteiger charge is -2.47. The fourth-order valence-electron chi connectivity index (χ4n) is 9.76. The summed E-state index contributed by atoms with van der Waals surface area (Å²) in [5, 5.41) is 34.0. The van der Waals surface area contributed by atoms with Crippen molar-refractivity contribution in [2.75, 3.05) is 32.3 Å². The van der Waals surface area contributed by atoms with Crippen LogP contribution >= 0.6 is 11.8 Å². The maximum Gasteiger partial charge on any atom is 0.316 e. The van der Waals surface area contributed by atoms with Gasteiger partial charge in [0, 0.05) is 57.3 Å². The van der Waals surface area contributed by atoms with E-state index in [-0.39, 0.29) is 30.8 Å². The zero-order valence-corrected chi connectivity index (χ0v) is 35.8. The molecule has 7 aliphatic rings. The Morgan fingerprint density at radius 3 is 2.36 bits per heavy atom. The van der Waals surface area contributed by atoms with Crippen molar-refractivity contribution in [3.05, 3.63) is 47.1 Å². The number of hydrogen-bond acceptors (Lipinski definition) is 15. The molecule has 1 spiro atoms. The molecule has 3 N–H and O–H groups in total. The molecule has 0 aromatic heterocycles. The molecule has 14 nitrogen and oxygen atoms in total. The van der Waals surface area contributed by atoms with Gasteiger partial charge >= 0.3 is 5.97 Å². The van der Waals surface area contributed by atoms with E-state index >= 15 is 0 Å². The summed E-state index contributed by atoms with van der Waals surface area (Å²) >= 11 is 1.76. The monoisotopic (exact) mass is 836 g/mol. The molecule has 0 radical (unpaired) electrons. The van der Waals surface area contributed by atoms with Gasteiger partial charge in [0.25, 0.3) is 0 Å². The van der Waals surface area contributed by atoms with Crippen LogP contribution in [0.3, 0.4) is 0 Å². The summed E-state index contributed by atoms with van der Waals surface area (Å²) in [6.45, 7) is 11.6. The Kier molecular flexibility index (Phi) is 14.0. The number of thioether (sulfide) groups is 1. The van der Waals surface area contributed by atoms with Crippen LogP contribution in [-0.2, 0) is 52.2 Å². The Labute approximate surface area is 346 Å². The highest BCUT2D eigenvalue weighted by Gasteiger charge is 2.60. The molecule has 7 rings (SSSR count). The van der Waals surface area contributed by atoms with Gasteiger partial charge in [0.2, 0.25) is 0 Å². The van der Waals surface area contributed by atoms with Crippen LogP contribution in [0.15, 0.2) is 47.1 Å². The molecule has 5 saturated heterocycles. The molecule has 6 aliphatic heterocycles. The van der Waals surface area contributed by atoms with Crippen LogP contribution in [0.2, 0.25) is 0 Å². The second kappa shape index (κ2) is 18.3.